The highest BCUT2D eigenvalue weighted by Gasteiger charge is 2.15. The zero-order valence-corrected chi connectivity index (χ0v) is 12.9. The zero-order valence-electron chi connectivity index (χ0n) is 12.9. The molecule has 10 heteroatoms. The van der Waals surface area contributed by atoms with Gasteiger partial charge in [0.15, 0.2) is 16.9 Å². The fourth-order valence-electron chi connectivity index (χ4n) is 2.57. The largest absolute Gasteiger partial charge is 0.595 e. The number of quaternary nitrogens is 1. The van der Waals surface area contributed by atoms with Crippen LogP contribution in [0.2, 0.25) is 0 Å². The van der Waals surface area contributed by atoms with Crippen LogP contribution in [0.4, 0.5) is 5.69 Å². The van der Waals surface area contributed by atoms with Crippen molar-refractivity contribution in [3.8, 4) is 5.75 Å². The van der Waals surface area contributed by atoms with Crippen molar-refractivity contribution in [1.29, 1.82) is 0 Å². The lowest BCUT2D eigenvalue weighted by Gasteiger charge is -2.14. The van der Waals surface area contributed by atoms with Crippen molar-refractivity contribution in [2.75, 3.05) is 0 Å². The molecular formula is C14H15N5O5. The van der Waals surface area contributed by atoms with E-state index in [1.807, 2.05) is 0 Å². The molecule has 0 aliphatic rings. The van der Waals surface area contributed by atoms with Crippen LogP contribution in [0.5, 0.6) is 5.75 Å². The molecule has 0 spiro atoms. The Morgan fingerprint density at radius 1 is 1.25 bits per heavy atom. The summed E-state index contributed by atoms with van der Waals surface area (Å²) in [5, 5.41) is 28.5. The predicted molar refractivity (Wildman–Crippen MR) is 83.2 cm³/mol. The lowest BCUT2D eigenvalue weighted by atomic mass is 10.2. The fraction of sp³-hybridized carbons (Fsp3) is 0.214. The van der Waals surface area contributed by atoms with Gasteiger partial charge in [0.2, 0.25) is 5.69 Å². The summed E-state index contributed by atoms with van der Waals surface area (Å²) in [4.78, 5) is 28.4. The molecule has 0 saturated heterocycles. The Labute approximate surface area is 134 Å². The van der Waals surface area contributed by atoms with Crippen LogP contribution in [-0.2, 0) is 20.6 Å². The number of aryl methyl sites for hydroxylation is 1. The van der Waals surface area contributed by atoms with Gasteiger partial charge in [0.1, 0.15) is 0 Å². The summed E-state index contributed by atoms with van der Waals surface area (Å²) in [5.74, 6) is -0.333. The van der Waals surface area contributed by atoms with Gasteiger partial charge >= 0.3 is 5.69 Å². The summed E-state index contributed by atoms with van der Waals surface area (Å²) in [7, 11) is 2.90. The van der Waals surface area contributed by atoms with E-state index in [9.17, 15) is 19.9 Å². The van der Waals surface area contributed by atoms with E-state index in [2.05, 4.69) is 4.98 Å². The van der Waals surface area contributed by atoms with Crippen LogP contribution < -0.4 is 16.5 Å². The Balaban J connectivity index is 2.14. The number of nitrogens with zero attached hydrogens (tertiary/aromatic N) is 4. The van der Waals surface area contributed by atoms with Crippen molar-refractivity contribution in [2.24, 2.45) is 14.1 Å². The molecule has 2 heterocycles. The Kier molecular flexibility index (Phi) is 3.72. The summed E-state index contributed by atoms with van der Waals surface area (Å²) < 4.78 is 3.79. The lowest BCUT2D eigenvalue weighted by molar-refractivity contribution is -0.991. The number of phenols is 1. The molecule has 10 nitrogen and oxygen atoms in total. The van der Waals surface area contributed by atoms with E-state index in [1.54, 1.807) is 6.07 Å². The van der Waals surface area contributed by atoms with Gasteiger partial charge in [0.25, 0.3) is 5.56 Å². The third-order valence-electron chi connectivity index (χ3n) is 3.86. The highest BCUT2D eigenvalue weighted by molar-refractivity contribution is 5.70. The smallest absolute Gasteiger partial charge is 0.332 e. The highest BCUT2D eigenvalue weighted by Crippen LogP contribution is 2.21. The number of fused-ring (bicyclic) bond motifs is 1. The van der Waals surface area contributed by atoms with Crippen LogP contribution in [0.3, 0.4) is 0 Å². The van der Waals surface area contributed by atoms with Gasteiger partial charge in [0.05, 0.1) is 6.33 Å². The van der Waals surface area contributed by atoms with E-state index in [0.29, 0.717) is 5.56 Å². The molecule has 126 valence electrons. The number of phenolic OH excluding ortho intramolecular Hbond substituents is 1. The molecule has 0 saturated carbocycles. The molecule has 0 bridgehead atoms. The van der Waals surface area contributed by atoms with Gasteiger partial charge in [-0.15, -0.1) is 0 Å². The zero-order chi connectivity index (χ0) is 17.6. The Morgan fingerprint density at radius 3 is 2.62 bits per heavy atom. The topological polar surface area (TPSA) is 130 Å². The average Bonchev–Trinajstić information content (AvgIpc) is 2.96. The highest BCUT2D eigenvalue weighted by atomic mass is 16.8. The van der Waals surface area contributed by atoms with Crippen molar-refractivity contribution >= 4 is 16.9 Å². The summed E-state index contributed by atoms with van der Waals surface area (Å²) in [6.07, 6.45) is 1.42. The van der Waals surface area contributed by atoms with Gasteiger partial charge in [-0.2, -0.15) is 5.23 Å². The predicted octanol–water partition coefficient (Wildman–Crippen LogP) is -1.41. The van der Waals surface area contributed by atoms with E-state index >= 15 is 0 Å². The first-order valence-corrected chi connectivity index (χ1v) is 6.97. The SMILES string of the molecule is Cn1c(=O)c2c(ncn2Cc2ccc(O)c([NH+]([O-])O)c2)n(C)c1=O. The Morgan fingerprint density at radius 2 is 1.96 bits per heavy atom. The van der Waals surface area contributed by atoms with Crippen LogP contribution in [0.15, 0.2) is 34.1 Å². The van der Waals surface area contributed by atoms with Gasteiger partial charge in [0, 0.05) is 26.7 Å². The summed E-state index contributed by atoms with van der Waals surface area (Å²) in [6.45, 7) is 0.171. The van der Waals surface area contributed by atoms with E-state index in [0.717, 1.165) is 4.57 Å². The number of aromatic nitrogens is 4. The average molecular weight is 333 g/mol. The molecule has 3 aromatic rings. The first-order chi connectivity index (χ1) is 11.3. The maximum atomic E-state index is 12.4. The molecule has 3 N–H and O–H groups in total. The first kappa shape index (κ1) is 15.9. The molecular weight excluding hydrogens is 318 g/mol. The van der Waals surface area contributed by atoms with Crippen LogP contribution in [0, 0.1) is 5.21 Å². The molecule has 1 aromatic carbocycles. The van der Waals surface area contributed by atoms with E-state index in [-0.39, 0.29) is 29.1 Å². The molecule has 1 unspecified atom stereocenters. The van der Waals surface area contributed by atoms with Crippen molar-refractivity contribution in [3.05, 3.63) is 56.1 Å². The molecule has 3 rings (SSSR count). The number of imidazole rings is 1. The van der Waals surface area contributed by atoms with Gasteiger partial charge in [-0.05, 0) is 11.6 Å². The monoisotopic (exact) mass is 333 g/mol. The number of hydrogen-bond acceptors (Lipinski definition) is 6. The molecule has 0 aliphatic heterocycles. The van der Waals surface area contributed by atoms with Gasteiger partial charge < -0.3 is 14.9 Å². The van der Waals surface area contributed by atoms with E-state index in [1.165, 1.54) is 41.7 Å². The number of aromatic hydroxyl groups is 1. The Hall–Kier alpha value is -2.95. The van der Waals surface area contributed by atoms with E-state index in [4.69, 9.17) is 5.21 Å². The summed E-state index contributed by atoms with van der Waals surface area (Å²) in [5.41, 5.74) is -0.124. The molecule has 0 amide bonds. The van der Waals surface area contributed by atoms with E-state index < -0.39 is 16.5 Å². The first-order valence-electron chi connectivity index (χ1n) is 6.97. The standard InChI is InChI=1S/C14H15N5O5/c1-16-12-11(13(21)17(2)14(16)22)18(7-15-12)6-8-3-4-10(20)9(5-8)19(23)24/h3-5,7,19-20,23H,6H2,1-2H3. The molecule has 2 aromatic heterocycles. The maximum absolute atomic E-state index is 12.4. The molecule has 0 aliphatic carbocycles. The Bertz CT molecular complexity index is 1050. The van der Waals surface area contributed by atoms with Gasteiger partial charge in [-0.25, -0.2) is 15.0 Å². The number of nitrogens with one attached hydrogen (secondary N) is 1. The summed E-state index contributed by atoms with van der Waals surface area (Å²) >= 11 is 0. The van der Waals surface area contributed by atoms with Crippen LogP contribution in [-0.4, -0.2) is 29.0 Å². The van der Waals surface area contributed by atoms with Crippen LogP contribution in [0.1, 0.15) is 5.56 Å². The molecule has 1 atom stereocenters. The number of benzene rings is 1. The maximum Gasteiger partial charge on any atom is 0.332 e. The van der Waals surface area contributed by atoms with Crippen molar-refractivity contribution in [2.45, 2.75) is 6.54 Å². The molecule has 0 radical (unpaired) electrons. The van der Waals surface area contributed by atoms with Gasteiger partial charge in [-0.1, -0.05) is 6.07 Å². The number of rotatable bonds is 3. The number of hydrogen-bond donors (Lipinski definition) is 3. The minimum Gasteiger partial charge on any atom is -0.595 e. The fourth-order valence-corrected chi connectivity index (χ4v) is 2.57. The molecule has 24 heavy (non-hydrogen) atoms. The van der Waals surface area contributed by atoms with Crippen molar-refractivity contribution in [3.63, 3.8) is 0 Å². The normalized spacial score (nSPS) is 12.7. The minimum atomic E-state index is -1.25. The van der Waals surface area contributed by atoms with Crippen molar-refractivity contribution < 1.29 is 15.5 Å². The quantitative estimate of drug-likeness (QED) is 0.399. The second-order valence-electron chi connectivity index (χ2n) is 5.41. The second-order valence-corrected chi connectivity index (χ2v) is 5.41. The third kappa shape index (κ3) is 2.38. The molecule has 0 fully saturated rings. The van der Waals surface area contributed by atoms with Gasteiger partial charge in [-0.3, -0.25) is 13.9 Å². The van der Waals surface area contributed by atoms with Crippen LogP contribution in [0.25, 0.3) is 11.2 Å². The lowest BCUT2D eigenvalue weighted by Crippen LogP contribution is -2.99. The van der Waals surface area contributed by atoms with Crippen LogP contribution >= 0.6 is 0 Å². The minimum absolute atomic E-state index is 0.171. The summed E-state index contributed by atoms with van der Waals surface area (Å²) in [6, 6.07) is 4.17. The third-order valence-corrected chi connectivity index (χ3v) is 3.86. The second kappa shape index (κ2) is 5.60. The van der Waals surface area contributed by atoms with Crippen molar-refractivity contribution in [1.82, 2.24) is 18.7 Å².